The van der Waals surface area contributed by atoms with Crippen LogP contribution in [-0.4, -0.2) is 16.0 Å². The molecule has 0 saturated heterocycles. The van der Waals surface area contributed by atoms with Crippen LogP contribution in [0.25, 0.3) is 0 Å². The predicted molar refractivity (Wildman–Crippen MR) is 77.5 cm³/mol. The van der Waals surface area contributed by atoms with Gasteiger partial charge >= 0.3 is 0 Å². The van der Waals surface area contributed by atoms with Gasteiger partial charge in [0.2, 0.25) is 0 Å². The lowest BCUT2D eigenvalue weighted by Crippen LogP contribution is -2.20. The van der Waals surface area contributed by atoms with Gasteiger partial charge in [-0.05, 0) is 32.4 Å². The van der Waals surface area contributed by atoms with Gasteiger partial charge in [-0.25, -0.2) is 4.98 Å². The van der Waals surface area contributed by atoms with E-state index in [1.165, 1.54) is 12.8 Å². The highest BCUT2D eigenvalue weighted by Gasteiger charge is 2.09. The predicted octanol–water partition coefficient (Wildman–Crippen LogP) is 3.01. The fourth-order valence-electron chi connectivity index (χ4n) is 1.68. The molecule has 17 heavy (non-hydrogen) atoms. The lowest BCUT2D eigenvalue weighted by molar-refractivity contribution is 0.643. The standard InChI is InChI=1S/C13H21N3S/c1-4-5-6-9(2)15-13-11(12(14)17)8-7-10(3)16-13/h7-9H,4-6H2,1-3H3,(H2,14,17)(H,15,16). The molecule has 1 rings (SSSR count). The van der Waals surface area contributed by atoms with Crippen molar-refractivity contribution in [2.45, 2.75) is 46.1 Å². The molecule has 0 aliphatic carbocycles. The molecular weight excluding hydrogens is 230 g/mol. The van der Waals surface area contributed by atoms with Crippen LogP contribution >= 0.6 is 12.2 Å². The van der Waals surface area contributed by atoms with Crippen molar-refractivity contribution in [3.63, 3.8) is 0 Å². The van der Waals surface area contributed by atoms with Crippen molar-refractivity contribution in [2.24, 2.45) is 5.73 Å². The molecule has 94 valence electrons. The van der Waals surface area contributed by atoms with E-state index in [1.807, 2.05) is 19.1 Å². The number of nitrogens with two attached hydrogens (primary N) is 1. The van der Waals surface area contributed by atoms with Crippen LogP contribution in [0, 0.1) is 6.92 Å². The number of unbranched alkanes of at least 4 members (excludes halogenated alkanes) is 1. The maximum absolute atomic E-state index is 5.69. The van der Waals surface area contributed by atoms with E-state index in [0.29, 0.717) is 11.0 Å². The molecule has 0 amide bonds. The SMILES string of the molecule is CCCCC(C)Nc1nc(C)ccc1C(N)=S. The number of hydrogen-bond acceptors (Lipinski definition) is 3. The fraction of sp³-hybridized carbons (Fsp3) is 0.538. The van der Waals surface area contributed by atoms with Gasteiger partial charge in [-0.15, -0.1) is 0 Å². The van der Waals surface area contributed by atoms with E-state index >= 15 is 0 Å². The van der Waals surface area contributed by atoms with Crippen LogP contribution in [0.1, 0.15) is 44.4 Å². The number of anilines is 1. The number of pyridine rings is 1. The Morgan fingerprint density at radius 2 is 2.24 bits per heavy atom. The Morgan fingerprint density at radius 3 is 2.82 bits per heavy atom. The van der Waals surface area contributed by atoms with E-state index in [9.17, 15) is 0 Å². The highest BCUT2D eigenvalue weighted by Crippen LogP contribution is 2.16. The van der Waals surface area contributed by atoms with Crippen LogP contribution in [0.15, 0.2) is 12.1 Å². The van der Waals surface area contributed by atoms with Gasteiger partial charge in [0.05, 0.1) is 5.56 Å². The first kappa shape index (κ1) is 13.9. The molecule has 4 heteroatoms. The monoisotopic (exact) mass is 251 g/mol. The molecule has 0 spiro atoms. The van der Waals surface area contributed by atoms with Gasteiger partial charge in [-0.3, -0.25) is 0 Å². The quantitative estimate of drug-likeness (QED) is 0.763. The molecule has 0 aromatic carbocycles. The van der Waals surface area contributed by atoms with Gasteiger partial charge in [-0.1, -0.05) is 32.0 Å². The van der Waals surface area contributed by atoms with Crippen molar-refractivity contribution in [3.05, 3.63) is 23.4 Å². The minimum atomic E-state index is 0.386. The molecule has 0 aliphatic rings. The number of aromatic nitrogens is 1. The summed E-state index contributed by atoms with van der Waals surface area (Å²) in [6.07, 6.45) is 3.54. The van der Waals surface area contributed by atoms with Crippen molar-refractivity contribution < 1.29 is 0 Å². The summed E-state index contributed by atoms with van der Waals surface area (Å²) in [5.41, 5.74) is 7.49. The molecular formula is C13H21N3S. The second kappa shape index (κ2) is 6.55. The number of rotatable bonds is 6. The largest absolute Gasteiger partial charge is 0.389 e. The van der Waals surface area contributed by atoms with Crippen molar-refractivity contribution in [1.82, 2.24) is 4.98 Å². The fourth-order valence-corrected chi connectivity index (χ4v) is 1.85. The van der Waals surface area contributed by atoms with E-state index in [0.717, 1.165) is 23.5 Å². The Bertz CT molecular complexity index is 390. The van der Waals surface area contributed by atoms with Crippen molar-refractivity contribution in [2.75, 3.05) is 5.32 Å². The molecule has 1 heterocycles. The zero-order chi connectivity index (χ0) is 12.8. The maximum Gasteiger partial charge on any atom is 0.136 e. The molecule has 1 atom stereocenters. The van der Waals surface area contributed by atoms with Gasteiger partial charge < -0.3 is 11.1 Å². The summed E-state index contributed by atoms with van der Waals surface area (Å²) in [5.74, 6) is 0.807. The summed E-state index contributed by atoms with van der Waals surface area (Å²) >= 11 is 5.03. The third-order valence-corrected chi connectivity index (χ3v) is 2.89. The summed E-state index contributed by atoms with van der Waals surface area (Å²) < 4.78 is 0. The zero-order valence-electron chi connectivity index (χ0n) is 10.8. The second-order valence-electron chi connectivity index (χ2n) is 4.40. The average molecular weight is 251 g/mol. The molecule has 3 nitrogen and oxygen atoms in total. The molecule has 0 bridgehead atoms. The Kier molecular flexibility index (Phi) is 5.35. The van der Waals surface area contributed by atoms with Gasteiger partial charge in [0.15, 0.2) is 0 Å². The molecule has 0 saturated carbocycles. The van der Waals surface area contributed by atoms with Gasteiger partial charge in [0, 0.05) is 11.7 Å². The van der Waals surface area contributed by atoms with Crippen LogP contribution in [0.4, 0.5) is 5.82 Å². The van der Waals surface area contributed by atoms with Crippen molar-refractivity contribution in [3.8, 4) is 0 Å². The summed E-state index contributed by atoms with van der Waals surface area (Å²) in [4.78, 5) is 4.86. The van der Waals surface area contributed by atoms with Crippen molar-refractivity contribution >= 4 is 23.0 Å². The highest BCUT2D eigenvalue weighted by molar-refractivity contribution is 7.80. The number of nitrogens with one attached hydrogen (secondary N) is 1. The molecule has 0 fully saturated rings. The van der Waals surface area contributed by atoms with Crippen molar-refractivity contribution in [1.29, 1.82) is 0 Å². The zero-order valence-corrected chi connectivity index (χ0v) is 11.6. The Labute approximate surface area is 109 Å². The average Bonchev–Trinajstić information content (AvgIpc) is 2.26. The lowest BCUT2D eigenvalue weighted by atomic mass is 10.1. The summed E-state index contributed by atoms with van der Waals surface area (Å²) in [6, 6.07) is 4.24. The third kappa shape index (κ3) is 4.30. The molecule has 0 aliphatic heterocycles. The first-order valence-electron chi connectivity index (χ1n) is 6.08. The van der Waals surface area contributed by atoms with Crippen LogP contribution in [-0.2, 0) is 0 Å². The van der Waals surface area contributed by atoms with E-state index in [-0.39, 0.29) is 0 Å². The minimum absolute atomic E-state index is 0.386. The summed E-state index contributed by atoms with van der Waals surface area (Å²) in [6.45, 7) is 6.31. The van der Waals surface area contributed by atoms with Gasteiger partial charge in [0.25, 0.3) is 0 Å². The van der Waals surface area contributed by atoms with Crippen LogP contribution < -0.4 is 11.1 Å². The van der Waals surface area contributed by atoms with Gasteiger partial charge in [-0.2, -0.15) is 0 Å². The minimum Gasteiger partial charge on any atom is -0.389 e. The molecule has 1 aromatic heterocycles. The maximum atomic E-state index is 5.69. The lowest BCUT2D eigenvalue weighted by Gasteiger charge is -2.17. The first-order chi connectivity index (χ1) is 8.04. The molecule has 1 aromatic rings. The Balaban J connectivity index is 2.81. The second-order valence-corrected chi connectivity index (χ2v) is 4.84. The third-order valence-electron chi connectivity index (χ3n) is 2.67. The van der Waals surface area contributed by atoms with Gasteiger partial charge in [0.1, 0.15) is 10.8 Å². The molecule has 1 unspecified atom stereocenters. The molecule has 0 radical (unpaired) electrons. The van der Waals surface area contributed by atoms with E-state index in [4.69, 9.17) is 18.0 Å². The van der Waals surface area contributed by atoms with Crippen LogP contribution in [0.2, 0.25) is 0 Å². The molecule has 3 N–H and O–H groups in total. The smallest absolute Gasteiger partial charge is 0.136 e. The first-order valence-corrected chi connectivity index (χ1v) is 6.49. The number of aryl methyl sites for hydroxylation is 1. The number of thiocarbonyl (C=S) groups is 1. The summed E-state index contributed by atoms with van der Waals surface area (Å²) in [5, 5.41) is 3.39. The normalized spacial score (nSPS) is 12.2. The van der Waals surface area contributed by atoms with E-state index in [2.05, 4.69) is 24.1 Å². The topological polar surface area (TPSA) is 50.9 Å². The Hall–Kier alpha value is -1.16. The Morgan fingerprint density at radius 1 is 1.53 bits per heavy atom. The number of hydrogen-bond donors (Lipinski definition) is 2. The number of nitrogens with zero attached hydrogens (tertiary/aromatic N) is 1. The highest BCUT2D eigenvalue weighted by atomic mass is 32.1. The van der Waals surface area contributed by atoms with Crippen LogP contribution in [0.3, 0.4) is 0 Å². The summed E-state index contributed by atoms with van der Waals surface area (Å²) in [7, 11) is 0. The van der Waals surface area contributed by atoms with E-state index < -0.39 is 0 Å². The van der Waals surface area contributed by atoms with E-state index in [1.54, 1.807) is 0 Å². The van der Waals surface area contributed by atoms with Crippen LogP contribution in [0.5, 0.6) is 0 Å².